The lowest BCUT2D eigenvalue weighted by atomic mass is 10.4. The summed E-state index contributed by atoms with van der Waals surface area (Å²) in [7, 11) is -4.07. The lowest BCUT2D eigenvalue weighted by Gasteiger charge is -2.14. The Balaban J connectivity index is 2.69. The second kappa shape index (κ2) is 4.80. The number of aliphatic hydroxyl groups excluding tert-OH is 1. The van der Waals surface area contributed by atoms with Gasteiger partial charge >= 0.3 is 6.18 Å². The third-order valence-corrected chi connectivity index (χ3v) is 4.59. The summed E-state index contributed by atoms with van der Waals surface area (Å²) >= 11 is 0.777. The largest absolute Gasteiger partial charge is 0.415 e. The normalized spacial score (nSPS) is 14.8. The van der Waals surface area contributed by atoms with E-state index in [1.165, 1.54) is 5.38 Å². The first-order chi connectivity index (χ1) is 7.63. The number of aliphatic hydroxyl groups is 1. The number of rotatable bonds is 4. The standard InChI is InChI=1S/C7H9F3N2O3S2/c8-7(9,10)5(13)2-12-17(14,15)6-1-4(11)3-16-6/h1,3,5,12-13H,2,11H2. The van der Waals surface area contributed by atoms with Crippen LogP contribution < -0.4 is 10.5 Å². The van der Waals surface area contributed by atoms with Crippen molar-refractivity contribution in [1.29, 1.82) is 0 Å². The van der Waals surface area contributed by atoms with Crippen LogP contribution in [0.4, 0.5) is 18.9 Å². The Bertz CT molecular complexity index is 483. The molecule has 0 spiro atoms. The number of halogens is 3. The van der Waals surface area contributed by atoms with Gasteiger partial charge in [-0.3, -0.25) is 0 Å². The van der Waals surface area contributed by atoms with Gasteiger partial charge in [-0.25, -0.2) is 13.1 Å². The van der Waals surface area contributed by atoms with Gasteiger partial charge in [-0.15, -0.1) is 11.3 Å². The van der Waals surface area contributed by atoms with E-state index in [0.717, 1.165) is 17.4 Å². The quantitative estimate of drug-likeness (QED) is 0.754. The summed E-state index contributed by atoms with van der Waals surface area (Å²) < 4.78 is 60.1. The maximum atomic E-state index is 11.9. The van der Waals surface area contributed by atoms with Crippen LogP contribution in [0.15, 0.2) is 15.7 Å². The number of hydrogen-bond acceptors (Lipinski definition) is 5. The summed E-state index contributed by atoms with van der Waals surface area (Å²) in [4.78, 5) is 0. The maximum Gasteiger partial charge on any atom is 0.415 e. The van der Waals surface area contributed by atoms with Crippen LogP contribution in [0.3, 0.4) is 0 Å². The van der Waals surface area contributed by atoms with E-state index in [1.54, 1.807) is 4.72 Å². The Morgan fingerprint density at radius 3 is 2.53 bits per heavy atom. The number of nitrogens with two attached hydrogens (primary N) is 1. The second-order valence-electron chi connectivity index (χ2n) is 3.11. The fourth-order valence-electron chi connectivity index (χ4n) is 0.847. The van der Waals surface area contributed by atoms with Crippen LogP contribution in [-0.2, 0) is 10.0 Å². The highest BCUT2D eigenvalue weighted by Gasteiger charge is 2.38. The summed E-state index contributed by atoms with van der Waals surface area (Å²) in [6.07, 6.45) is -7.61. The van der Waals surface area contributed by atoms with Crippen molar-refractivity contribution in [1.82, 2.24) is 4.72 Å². The Morgan fingerprint density at radius 2 is 2.12 bits per heavy atom. The molecule has 0 aliphatic carbocycles. The Hall–Kier alpha value is -0.840. The minimum atomic E-state index is -4.86. The molecule has 10 heteroatoms. The molecule has 0 amide bonds. The predicted molar refractivity (Wildman–Crippen MR) is 56.0 cm³/mol. The summed E-state index contributed by atoms with van der Waals surface area (Å²) in [5.74, 6) is 0. The molecule has 0 bridgehead atoms. The molecule has 17 heavy (non-hydrogen) atoms. The Morgan fingerprint density at radius 1 is 1.53 bits per heavy atom. The molecule has 5 nitrogen and oxygen atoms in total. The van der Waals surface area contributed by atoms with E-state index < -0.39 is 28.8 Å². The number of anilines is 1. The van der Waals surface area contributed by atoms with E-state index in [-0.39, 0.29) is 9.90 Å². The number of nitrogens with one attached hydrogen (secondary N) is 1. The topological polar surface area (TPSA) is 92.4 Å². The second-order valence-corrected chi connectivity index (χ2v) is 6.01. The molecule has 4 N–H and O–H groups in total. The van der Waals surface area contributed by atoms with Crippen molar-refractivity contribution in [3.8, 4) is 0 Å². The van der Waals surface area contributed by atoms with Crippen LogP contribution in [0.5, 0.6) is 0 Å². The molecule has 1 atom stereocenters. The summed E-state index contributed by atoms with van der Waals surface area (Å²) in [5, 5.41) is 9.97. The minimum absolute atomic E-state index is 0.201. The van der Waals surface area contributed by atoms with Gasteiger partial charge in [0.05, 0.1) is 0 Å². The highest BCUT2D eigenvalue weighted by atomic mass is 32.2. The van der Waals surface area contributed by atoms with Crippen LogP contribution in [0.25, 0.3) is 0 Å². The number of sulfonamides is 1. The van der Waals surface area contributed by atoms with Crippen LogP contribution in [0, 0.1) is 0 Å². The first-order valence-electron chi connectivity index (χ1n) is 4.21. The van der Waals surface area contributed by atoms with E-state index in [0.29, 0.717) is 0 Å². The zero-order chi connectivity index (χ0) is 13.3. The average molecular weight is 290 g/mol. The number of alkyl halides is 3. The molecule has 1 rings (SSSR count). The third kappa shape index (κ3) is 3.84. The molecule has 0 aliphatic heterocycles. The van der Waals surface area contributed by atoms with Gasteiger partial charge in [-0.1, -0.05) is 0 Å². The van der Waals surface area contributed by atoms with Crippen molar-refractivity contribution in [2.45, 2.75) is 16.5 Å². The highest BCUT2D eigenvalue weighted by Crippen LogP contribution is 2.23. The molecule has 98 valence electrons. The van der Waals surface area contributed by atoms with Crippen LogP contribution in [0.1, 0.15) is 0 Å². The van der Waals surface area contributed by atoms with Crippen molar-refractivity contribution < 1.29 is 26.7 Å². The number of hydrogen-bond donors (Lipinski definition) is 3. The van der Waals surface area contributed by atoms with E-state index in [9.17, 15) is 21.6 Å². The molecule has 1 heterocycles. The molecule has 1 unspecified atom stereocenters. The van der Waals surface area contributed by atoms with Crippen molar-refractivity contribution in [3.63, 3.8) is 0 Å². The van der Waals surface area contributed by atoms with Crippen LogP contribution >= 0.6 is 11.3 Å². The summed E-state index contributed by atoms with van der Waals surface area (Å²) in [6.45, 7) is -1.14. The maximum absolute atomic E-state index is 11.9. The predicted octanol–water partition coefficient (Wildman–Crippen LogP) is 0.532. The number of nitrogen functional groups attached to an aromatic ring is 1. The Kier molecular flexibility index (Phi) is 4.02. The molecule has 1 aromatic rings. The first-order valence-corrected chi connectivity index (χ1v) is 6.57. The van der Waals surface area contributed by atoms with E-state index in [2.05, 4.69) is 0 Å². The van der Waals surface area contributed by atoms with Crippen LogP contribution in [0.2, 0.25) is 0 Å². The Labute approximate surface area is 99.1 Å². The summed E-state index contributed by atoms with van der Waals surface area (Å²) in [6, 6.07) is 1.12. The molecule has 1 aromatic heterocycles. The lowest BCUT2D eigenvalue weighted by Crippen LogP contribution is -2.40. The van der Waals surface area contributed by atoms with E-state index in [4.69, 9.17) is 10.8 Å². The molecular weight excluding hydrogens is 281 g/mol. The average Bonchev–Trinajstić information content (AvgIpc) is 2.60. The van der Waals surface area contributed by atoms with Crippen molar-refractivity contribution in [2.24, 2.45) is 0 Å². The molecule has 0 aromatic carbocycles. The van der Waals surface area contributed by atoms with Gasteiger partial charge in [0, 0.05) is 17.6 Å². The van der Waals surface area contributed by atoms with Crippen molar-refractivity contribution in [2.75, 3.05) is 12.3 Å². The zero-order valence-corrected chi connectivity index (χ0v) is 9.86. The van der Waals surface area contributed by atoms with E-state index in [1.807, 2.05) is 0 Å². The van der Waals surface area contributed by atoms with Gasteiger partial charge in [0.25, 0.3) is 0 Å². The van der Waals surface area contributed by atoms with Gasteiger partial charge in [-0.05, 0) is 6.07 Å². The lowest BCUT2D eigenvalue weighted by molar-refractivity contribution is -0.200. The van der Waals surface area contributed by atoms with Gasteiger partial charge in [0.15, 0.2) is 6.10 Å². The molecule has 0 fully saturated rings. The van der Waals surface area contributed by atoms with Crippen molar-refractivity contribution in [3.05, 3.63) is 11.4 Å². The van der Waals surface area contributed by atoms with Gasteiger partial charge in [0.2, 0.25) is 10.0 Å². The molecule has 0 saturated carbocycles. The summed E-state index contributed by atoms with van der Waals surface area (Å²) in [5.41, 5.74) is 5.49. The fourth-order valence-corrected chi connectivity index (χ4v) is 3.01. The molecule has 0 saturated heterocycles. The third-order valence-electron chi connectivity index (χ3n) is 1.71. The fraction of sp³-hybridized carbons (Fsp3) is 0.429. The van der Waals surface area contributed by atoms with Crippen LogP contribution in [-0.4, -0.2) is 32.3 Å². The number of thiophene rings is 1. The van der Waals surface area contributed by atoms with Gasteiger partial charge < -0.3 is 10.8 Å². The molecular formula is C7H9F3N2O3S2. The first kappa shape index (κ1) is 14.2. The minimum Gasteiger partial charge on any atom is -0.398 e. The monoisotopic (exact) mass is 290 g/mol. The highest BCUT2D eigenvalue weighted by molar-refractivity contribution is 7.91. The molecule has 0 radical (unpaired) electrons. The van der Waals surface area contributed by atoms with E-state index >= 15 is 0 Å². The SMILES string of the molecule is Nc1csc(S(=O)(=O)NCC(O)C(F)(F)F)c1. The van der Waals surface area contributed by atoms with Gasteiger partial charge in [-0.2, -0.15) is 13.2 Å². The van der Waals surface area contributed by atoms with Crippen molar-refractivity contribution >= 4 is 27.0 Å². The molecule has 0 aliphatic rings. The van der Waals surface area contributed by atoms with Gasteiger partial charge in [0.1, 0.15) is 4.21 Å². The smallest absolute Gasteiger partial charge is 0.398 e. The zero-order valence-electron chi connectivity index (χ0n) is 8.23.